The van der Waals surface area contributed by atoms with Crippen molar-refractivity contribution in [2.24, 2.45) is 4.99 Å². The Morgan fingerprint density at radius 3 is 2.66 bits per heavy atom. The molecule has 0 saturated carbocycles. The van der Waals surface area contributed by atoms with Gasteiger partial charge in [0.15, 0.2) is 5.17 Å². The van der Waals surface area contributed by atoms with Crippen molar-refractivity contribution < 1.29 is 23.8 Å². The second-order valence-corrected chi connectivity index (χ2v) is 9.20. The second kappa shape index (κ2) is 11.7. The maximum atomic E-state index is 13.0. The molecule has 188 valence electrons. The van der Waals surface area contributed by atoms with Crippen LogP contribution in [-0.2, 0) is 19.1 Å². The summed E-state index contributed by atoms with van der Waals surface area (Å²) in [6, 6.07) is 7.15. The summed E-state index contributed by atoms with van der Waals surface area (Å²) in [7, 11) is 1.62. The van der Waals surface area contributed by atoms with Crippen molar-refractivity contribution in [2.75, 3.05) is 53.1 Å². The molecule has 3 aliphatic rings. The van der Waals surface area contributed by atoms with Crippen LogP contribution in [0, 0.1) is 0 Å². The number of benzene rings is 1. The number of allylic oxidation sites excluding steroid dienone is 1. The molecule has 1 saturated heterocycles. The van der Waals surface area contributed by atoms with Crippen molar-refractivity contribution in [3.63, 3.8) is 0 Å². The zero-order valence-electron chi connectivity index (χ0n) is 20.4. The number of ether oxygens (including phenoxy) is 3. The number of amidine groups is 1. The van der Waals surface area contributed by atoms with Crippen molar-refractivity contribution in [1.29, 1.82) is 0 Å². The van der Waals surface area contributed by atoms with Crippen molar-refractivity contribution in [2.45, 2.75) is 26.3 Å². The molecular weight excluding hydrogens is 468 g/mol. The van der Waals surface area contributed by atoms with Crippen molar-refractivity contribution in [1.82, 2.24) is 15.1 Å². The van der Waals surface area contributed by atoms with E-state index in [0.29, 0.717) is 17.8 Å². The molecule has 9 nitrogen and oxygen atoms in total. The first-order valence-electron chi connectivity index (χ1n) is 11.8. The molecule has 0 bridgehead atoms. The number of fused-ring (bicyclic) bond motifs is 1. The van der Waals surface area contributed by atoms with Crippen LogP contribution in [0.4, 0.5) is 0 Å². The average Bonchev–Trinajstić information content (AvgIpc) is 3.25. The lowest BCUT2D eigenvalue weighted by molar-refractivity contribution is -0.139. The lowest BCUT2D eigenvalue weighted by Gasteiger charge is -2.36. The van der Waals surface area contributed by atoms with E-state index in [2.05, 4.69) is 15.2 Å². The largest absolute Gasteiger partial charge is 0.497 e. The number of esters is 1. The Labute approximate surface area is 210 Å². The first-order valence-corrected chi connectivity index (χ1v) is 12.7. The predicted octanol–water partition coefficient (Wildman–Crippen LogP) is 2.67. The normalized spacial score (nSPS) is 20.2. The average molecular weight is 501 g/mol. The minimum atomic E-state index is -0.449. The number of nitrogens with zero attached hydrogens (tertiary/aromatic N) is 3. The molecule has 1 aromatic rings. The van der Waals surface area contributed by atoms with Gasteiger partial charge in [-0.15, -0.1) is 0 Å². The Balaban J connectivity index is 1.52. The third-order valence-electron chi connectivity index (χ3n) is 6.12. The first-order chi connectivity index (χ1) is 17.0. The number of carbonyl (C=O) groups is 2. The molecule has 10 heteroatoms. The quantitative estimate of drug-likeness (QED) is 0.518. The number of thioether (sulfide) groups is 1. The minimum absolute atomic E-state index is 0.0659. The summed E-state index contributed by atoms with van der Waals surface area (Å²) < 4.78 is 16.1. The third-order valence-corrected chi connectivity index (χ3v) is 7.01. The molecule has 0 radical (unpaired) electrons. The Morgan fingerprint density at radius 2 is 1.97 bits per heavy atom. The van der Waals surface area contributed by atoms with Crippen LogP contribution in [0.25, 0.3) is 0 Å². The Bertz CT molecular complexity index is 1030. The van der Waals surface area contributed by atoms with E-state index in [4.69, 9.17) is 14.2 Å². The number of aliphatic imine (C=N–C) groups is 1. The van der Waals surface area contributed by atoms with E-state index < -0.39 is 12.0 Å². The molecule has 0 spiro atoms. The number of amides is 1. The van der Waals surface area contributed by atoms with Crippen LogP contribution in [0.1, 0.15) is 31.9 Å². The molecule has 1 atom stereocenters. The summed E-state index contributed by atoms with van der Waals surface area (Å²) in [5.74, 6) is 0.256. The smallest absolute Gasteiger partial charge is 0.338 e. The molecule has 1 fully saturated rings. The predicted molar refractivity (Wildman–Crippen MR) is 135 cm³/mol. The SMILES string of the molecule is CCOC(=O)C1=C(C)N=C2SC=C(CC(=O)NCCN3CCOCC3)N2[C@@H]1c1ccc(OC)cc1. The number of carbonyl (C=O) groups excluding carboxylic acids is 2. The highest BCUT2D eigenvalue weighted by Gasteiger charge is 2.41. The van der Waals surface area contributed by atoms with E-state index in [1.807, 2.05) is 41.5 Å². The fraction of sp³-hybridized carbons (Fsp3) is 0.480. The maximum absolute atomic E-state index is 13.0. The number of nitrogens with one attached hydrogen (secondary N) is 1. The van der Waals surface area contributed by atoms with Gasteiger partial charge in [0.25, 0.3) is 0 Å². The number of rotatable bonds is 9. The van der Waals surface area contributed by atoms with Gasteiger partial charge in [0.05, 0.1) is 50.7 Å². The van der Waals surface area contributed by atoms with Gasteiger partial charge in [-0.25, -0.2) is 9.79 Å². The lowest BCUT2D eigenvalue weighted by Crippen LogP contribution is -2.42. The molecule has 1 amide bonds. The van der Waals surface area contributed by atoms with Crippen LogP contribution in [0.3, 0.4) is 0 Å². The van der Waals surface area contributed by atoms with Crippen LogP contribution in [-0.4, -0.2) is 80.0 Å². The molecule has 3 aliphatic heterocycles. The summed E-state index contributed by atoms with van der Waals surface area (Å²) in [5.41, 5.74) is 2.78. The molecular formula is C25H32N4O5S. The van der Waals surface area contributed by atoms with E-state index in [0.717, 1.165) is 55.0 Å². The zero-order valence-corrected chi connectivity index (χ0v) is 21.2. The van der Waals surface area contributed by atoms with Gasteiger partial charge in [0.2, 0.25) is 5.91 Å². The number of hydrogen-bond acceptors (Lipinski definition) is 9. The lowest BCUT2D eigenvalue weighted by atomic mass is 9.93. The minimum Gasteiger partial charge on any atom is -0.497 e. The summed E-state index contributed by atoms with van der Waals surface area (Å²) >= 11 is 1.46. The highest BCUT2D eigenvalue weighted by atomic mass is 32.2. The molecule has 1 aromatic carbocycles. The second-order valence-electron chi connectivity index (χ2n) is 8.37. The summed E-state index contributed by atoms with van der Waals surface area (Å²) in [6.45, 7) is 8.49. The van der Waals surface area contributed by atoms with E-state index in [1.54, 1.807) is 14.0 Å². The van der Waals surface area contributed by atoms with Gasteiger partial charge in [0.1, 0.15) is 5.75 Å². The number of methoxy groups -OCH3 is 1. The van der Waals surface area contributed by atoms with Crippen LogP contribution in [0.2, 0.25) is 0 Å². The molecule has 1 N–H and O–H groups in total. The standard InChI is InChI=1S/C25H32N4O5S/c1-4-34-24(31)22-17(2)27-25-29(23(22)18-5-7-20(32-3)8-6-18)19(16-35-25)15-21(30)26-9-10-28-11-13-33-14-12-28/h5-8,16,23H,4,9-15H2,1-3H3,(H,26,30)/t23-/m1/s1. The van der Waals surface area contributed by atoms with Crippen LogP contribution in [0.5, 0.6) is 5.75 Å². The first kappa shape index (κ1) is 25.3. The van der Waals surface area contributed by atoms with Gasteiger partial charge in [-0.3, -0.25) is 9.69 Å². The van der Waals surface area contributed by atoms with Gasteiger partial charge in [-0.1, -0.05) is 23.9 Å². The van der Waals surface area contributed by atoms with E-state index in [-0.39, 0.29) is 18.9 Å². The molecule has 0 unspecified atom stereocenters. The van der Waals surface area contributed by atoms with Gasteiger partial charge in [-0.05, 0) is 37.0 Å². The Morgan fingerprint density at radius 1 is 1.23 bits per heavy atom. The third kappa shape index (κ3) is 5.88. The van der Waals surface area contributed by atoms with Crippen LogP contribution in [0.15, 0.2) is 51.6 Å². The van der Waals surface area contributed by atoms with E-state index in [9.17, 15) is 9.59 Å². The monoisotopic (exact) mass is 500 g/mol. The van der Waals surface area contributed by atoms with Gasteiger partial charge >= 0.3 is 5.97 Å². The van der Waals surface area contributed by atoms with Gasteiger partial charge in [-0.2, -0.15) is 0 Å². The molecule has 0 aliphatic carbocycles. The summed E-state index contributed by atoms with van der Waals surface area (Å²) in [6.07, 6.45) is 0.191. The van der Waals surface area contributed by atoms with E-state index >= 15 is 0 Å². The van der Waals surface area contributed by atoms with Crippen molar-refractivity contribution in [3.05, 3.63) is 52.2 Å². The number of hydrogen-bond donors (Lipinski definition) is 1. The fourth-order valence-corrected chi connectivity index (χ4v) is 5.31. The Kier molecular flexibility index (Phi) is 8.48. The molecule has 4 rings (SSSR count). The molecule has 35 heavy (non-hydrogen) atoms. The topological polar surface area (TPSA) is 92.7 Å². The van der Waals surface area contributed by atoms with E-state index in [1.165, 1.54) is 11.8 Å². The highest BCUT2D eigenvalue weighted by Crippen LogP contribution is 2.45. The van der Waals surface area contributed by atoms with Crippen LogP contribution >= 0.6 is 11.8 Å². The zero-order chi connectivity index (χ0) is 24.8. The fourth-order valence-electron chi connectivity index (χ4n) is 4.35. The Hall–Kier alpha value is -2.82. The molecule has 0 aromatic heterocycles. The summed E-state index contributed by atoms with van der Waals surface area (Å²) in [5, 5.41) is 5.71. The number of morpholine rings is 1. The maximum Gasteiger partial charge on any atom is 0.338 e. The van der Waals surface area contributed by atoms with Gasteiger partial charge in [0, 0.05) is 31.9 Å². The summed E-state index contributed by atoms with van der Waals surface area (Å²) in [4.78, 5) is 34.8. The van der Waals surface area contributed by atoms with Crippen molar-refractivity contribution >= 4 is 28.8 Å². The highest BCUT2D eigenvalue weighted by molar-refractivity contribution is 8.16. The molecule has 3 heterocycles. The van der Waals surface area contributed by atoms with Crippen LogP contribution < -0.4 is 10.1 Å². The van der Waals surface area contributed by atoms with Gasteiger partial charge < -0.3 is 24.4 Å². The van der Waals surface area contributed by atoms with Crippen molar-refractivity contribution in [3.8, 4) is 5.75 Å².